The molecule has 1 saturated carbocycles. The Hall–Kier alpha value is -0.770. The van der Waals surface area contributed by atoms with Crippen molar-refractivity contribution in [3.8, 4) is 0 Å². The lowest BCUT2D eigenvalue weighted by Crippen LogP contribution is -2.57. The second-order valence-electron chi connectivity index (χ2n) is 4.22. The summed E-state index contributed by atoms with van der Waals surface area (Å²) in [5.74, 6) is 0. The molecule has 1 aliphatic carbocycles. The zero-order chi connectivity index (χ0) is 11.3. The van der Waals surface area contributed by atoms with Gasteiger partial charge in [0.15, 0.2) is 0 Å². The third-order valence-corrected chi connectivity index (χ3v) is 3.38. The van der Waals surface area contributed by atoms with E-state index < -0.39 is 0 Å². The molecule has 0 aliphatic heterocycles. The summed E-state index contributed by atoms with van der Waals surface area (Å²) in [4.78, 5) is 13.8. The third-order valence-electron chi connectivity index (χ3n) is 3.38. The molecule has 3 N–H and O–H groups in total. The molecule has 2 amide bonds. The van der Waals surface area contributed by atoms with Crippen molar-refractivity contribution >= 4 is 6.03 Å². The lowest BCUT2D eigenvalue weighted by Gasteiger charge is -2.40. The average Bonchev–Trinajstić information content (AvgIpc) is 2.69. The highest BCUT2D eigenvalue weighted by molar-refractivity contribution is 5.75. The van der Waals surface area contributed by atoms with Gasteiger partial charge in [0, 0.05) is 19.6 Å². The summed E-state index contributed by atoms with van der Waals surface area (Å²) in [7, 11) is 0. The Bertz CT molecular complexity index is 212. The van der Waals surface area contributed by atoms with Gasteiger partial charge in [0.05, 0.1) is 5.54 Å². The van der Waals surface area contributed by atoms with Crippen LogP contribution in [-0.2, 0) is 0 Å². The van der Waals surface area contributed by atoms with E-state index in [1.54, 1.807) is 0 Å². The zero-order valence-electron chi connectivity index (χ0n) is 9.88. The molecule has 0 atom stereocenters. The van der Waals surface area contributed by atoms with Crippen molar-refractivity contribution in [3.63, 3.8) is 0 Å². The summed E-state index contributed by atoms with van der Waals surface area (Å²) in [5.41, 5.74) is 5.78. The van der Waals surface area contributed by atoms with Crippen molar-refractivity contribution in [2.75, 3.05) is 19.6 Å². The maximum atomic E-state index is 11.9. The lowest BCUT2D eigenvalue weighted by atomic mass is 9.95. The van der Waals surface area contributed by atoms with E-state index >= 15 is 0 Å². The van der Waals surface area contributed by atoms with E-state index in [0.717, 1.165) is 19.4 Å². The van der Waals surface area contributed by atoms with Crippen LogP contribution >= 0.6 is 0 Å². The molecule has 0 unspecified atom stereocenters. The highest BCUT2D eigenvalue weighted by Crippen LogP contribution is 2.34. The molecular formula is C11H23N3O. The van der Waals surface area contributed by atoms with E-state index in [0.29, 0.717) is 13.1 Å². The number of carbonyl (C=O) groups excluding carboxylic acids is 1. The number of likely N-dealkylation sites (N-methyl/N-ethyl adjacent to an activating group) is 1. The van der Waals surface area contributed by atoms with E-state index in [2.05, 4.69) is 5.32 Å². The first-order valence-electron chi connectivity index (χ1n) is 5.95. The first-order valence-corrected chi connectivity index (χ1v) is 5.95. The van der Waals surface area contributed by atoms with Crippen molar-refractivity contribution in [2.45, 2.75) is 45.1 Å². The summed E-state index contributed by atoms with van der Waals surface area (Å²) in [6.07, 6.45) is 4.48. The normalized spacial score (nSPS) is 18.9. The van der Waals surface area contributed by atoms with Gasteiger partial charge in [-0.3, -0.25) is 0 Å². The lowest BCUT2D eigenvalue weighted by molar-refractivity contribution is 0.124. The summed E-state index contributed by atoms with van der Waals surface area (Å²) in [6, 6.07) is 0.0346. The Labute approximate surface area is 92.2 Å². The molecule has 0 heterocycles. The van der Waals surface area contributed by atoms with E-state index in [-0.39, 0.29) is 11.6 Å². The van der Waals surface area contributed by atoms with Gasteiger partial charge in [0.25, 0.3) is 0 Å². The molecule has 88 valence electrons. The number of hydrogen-bond donors (Lipinski definition) is 2. The zero-order valence-corrected chi connectivity index (χ0v) is 9.88. The van der Waals surface area contributed by atoms with E-state index in [1.807, 2.05) is 18.7 Å². The first kappa shape index (κ1) is 12.3. The van der Waals surface area contributed by atoms with Gasteiger partial charge in [0.2, 0.25) is 0 Å². The Morgan fingerprint density at radius 2 is 2.00 bits per heavy atom. The van der Waals surface area contributed by atoms with Crippen molar-refractivity contribution in [1.29, 1.82) is 0 Å². The van der Waals surface area contributed by atoms with Gasteiger partial charge in [-0.2, -0.15) is 0 Å². The second kappa shape index (κ2) is 5.35. The van der Waals surface area contributed by atoms with Crippen molar-refractivity contribution in [1.82, 2.24) is 10.2 Å². The number of rotatable bonds is 4. The third kappa shape index (κ3) is 2.43. The van der Waals surface area contributed by atoms with Crippen LogP contribution in [0.3, 0.4) is 0 Å². The fourth-order valence-electron chi connectivity index (χ4n) is 2.56. The summed E-state index contributed by atoms with van der Waals surface area (Å²) in [6.45, 7) is 5.96. The SMILES string of the molecule is CCNC(=O)N(CC)C1(CN)CCCC1. The van der Waals surface area contributed by atoms with Crippen LogP contribution < -0.4 is 11.1 Å². The molecule has 1 aliphatic rings. The second-order valence-corrected chi connectivity index (χ2v) is 4.22. The van der Waals surface area contributed by atoms with Crippen molar-refractivity contribution < 1.29 is 4.79 Å². The minimum atomic E-state index is -0.0754. The predicted octanol–water partition coefficient (Wildman–Crippen LogP) is 1.31. The van der Waals surface area contributed by atoms with Gasteiger partial charge in [-0.25, -0.2) is 4.79 Å². The smallest absolute Gasteiger partial charge is 0.317 e. The van der Waals surface area contributed by atoms with Crippen LogP contribution in [0.2, 0.25) is 0 Å². The van der Waals surface area contributed by atoms with Gasteiger partial charge >= 0.3 is 6.03 Å². The average molecular weight is 213 g/mol. The summed E-state index contributed by atoms with van der Waals surface area (Å²) < 4.78 is 0. The van der Waals surface area contributed by atoms with E-state index in [4.69, 9.17) is 5.73 Å². The van der Waals surface area contributed by atoms with E-state index in [1.165, 1.54) is 12.8 Å². The molecule has 0 radical (unpaired) electrons. The van der Waals surface area contributed by atoms with Gasteiger partial charge in [-0.1, -0.05) is 12.8 Å². The number of urea groups is 1. The molecule has 1 fully saturated rings. The largest absolute Gasteiger partial charge is 0.338 e. The van der Waals surface area contributed by atoms with Crippen LogP contribution in [0.4, 0.5) is 4.79 Å². The molecule has 0 aromatic heterocycles. The van der Waals surface area contributed by atoms with Crippen LogP contribution in [0.25, 0.3) is 0 Å². The quantitative estimate of drug-likeness (QED) is 0.739. The predicted molar refractivity (Wildman–Crippen MR) is 61.7 cm³/mol. The van der Waals surface area contributed by atoms with Crippen LogP contribution in [0.1, 0.15) is 39.5 Å². The minimum Gasteiger partial charge on any atom is -0.338 e. The maximum Gasteiger partial charge on any atom is 0.317 e. The monoisotopic (exact) mass is 213 g/mol. The minimum absolute atomic E-state index is 0.0346. The summed E-state index contributed by atoms with van der Waals surface area (Å²) in [5, 5.41) is 2.86. The molecule has 4 nitrogen and oxygen atoms in total. The Morgan fingerprint density at radius 3 is 2.40 bits per heavy atom. The Morgan fingerprint density at radius 1 is 1.40 bits per heavy atom. The number of amides is 2. The molecular weight excluding hydrogens is 190 g/mol. The van der Waals surface area contributed by atoms with Crippen LogP contribution in [0.5, 0.6) is 0 Å². The molecule has 0 aromatic rings. The standard InChI is InChI=1S/C11H23N3O/c1-3-13-10(15)14(4-2)11(9-12)7-5-6-8-11/h3-9,12H2,1-2H3,(H,13,15). The highest BCUT2D eigenvalue weighted by atomic mass is 16.2. The van der Waals surface area contributed by atoms with Crippen LogP contribution in [0, 0.1) is 0 Å². The van der Waals surface area contributed by atoms with Gasteiger partial charge in [-0.15, -0.1) is 0 Å². The molecule has 0 spiro atoms. The number of carbonyl (C=O) groups is 1. The van der Waals surface area contributed by atoms with Crippen molar-refractivity contribution in [3.05, 3.63) is 0 Å². The fraction of sp³-hybridized carbons (Fsp3) is 0.909. The molecule has 0 bridgehead atoms. The number of nitrogens with two attached hydrogens (primary N) is 1. The molecule has 0 saturated heterocycles. The molecule has 0 aromatic carbocycles. The van der Waals surface area contributed by atoms with Crippen LogP contribution in [-0.4, -0.2) is 36.1 Å². The maximum absolute atomic E-state index is 11.9. The van der Waals surface area contributed by atoms with E-state index in [9.17, 15) is 4.79 Å². The first-order chi connectivity index (χ1) is 7.20. The van der Waals surface area contributed by atoms with Gasteiger partial charge in [0.1, 0.15) is 0 Å². The Balaban J connectivity index is 2.74. The van der Waals surface area contributed by atoms with Crippen molar-refractivity contribution in [2.24, 2.45) is 5.73 Å². The number of hydrogen-bond acceptors (Lipinski definition) is 2. The number of nitrogens with zero attached hydrogens (tertiary/aromatic N) is 1. The van der Waals surface area contributed by atoms with Gasteiger partial charge in [-0.05, 0) is 26.7 Å². The molecule has 15 heavy (non-hydrogen) atoms. The topological polar surface area (TPSA) is 58.4 Å². The number of nitrogens with one attached hydrogen (secondary N) is 1. The van der Waals surface area contributed by atoms with Gasteiger partial charge < -0.3 is 16.0 Å². The molecule has 4 heteroatoms. The summed E-state index contributed by atoms with van der Waals surface area (Å²) >= 11 is 0. The highest BCUT2D eigenvalue weighted by Gasteiger charge is 2.39. The Kier molecular flexibility index (Phi) is 4.39. The van der Waals surface area contributed by atoms with Crippen LogP contribution in [0.15, 0.2) is 0 Å². The molecule has 1 rings (SSSR count). The fourth-order valence-corrected chi connectivity index (χ4v) is 2.56.